The molecule has 3 aromatic rings. The van der Waals surface area contributed by atoms with E-state index in [1.807, 2.05) is 31.7 Å². The van der Waals surface area contributed by atoms with Crippen LogP contribution in [0.15, 0.2) is 36.4 Å². The molecule has 0 aliphatic carbocycles. The quantitative estimate of drug-likeness (QED) is 0.615. The summed E-state index contributed by atoms with van der Waals surface area (Å²) in [6.45, 7) is 6.92. The number of fused-ring (bicyclic) bond motifs is 1. The number of benzene rings is 2. The molecule has 4 rings (SSSR count). The molecule has 3 nitrogen and oxygen atoms in total. The Morgan fingerprint density at radius 3 is 2.71 bits per heavy atom. The second-order valence-corrected chi connectivity index (χ2v) is 9.44. The Balaban J connectivity index is 1.56. The first-order valence-corrected chi connectivity index (χ1v) is 11.4. The number of anilines is 1. The third-order valence-electron chi connectivity index (χ3n) is 5.17. The van der Waals surface area contributed by atoms with Crippen LogP contribution in [0.2, 0.25) is 0 Å². The minimum atomic E-state index is -0.275. The van der Waals surface area contributed by atoms with E-state index in [1.165, 1.54) is 34.5 Å². The lowest BCUT2D eigenvalue weighted by molar-refractivity contribution is 0.103. The van der Waals surface area contributed by atoms with E-state index in [2.05, 4.69) is 28.4 Å². The van der Waals surface area contributed by atoms with Gasteiger partial charge >= 0.3 is 0 Å². The van der Waals surface area contributed by atoms with E-state index in [0.717, 1.165) is 35.6 Å². The number of carbonyl (C=O) groups excluding carboxylic acids is 1. The molecule has 1 fully saturated rings. The van der Waals surface area contributed by atoms with E-state index in [0.29, 0.717) is 15.8 Å². The molecule has 2 aromatic carbocycles. The minimum absolute atomic E-state index is 0.173. The SMILES string of the molecule is Cc1ccc(CN2CCSCC2)cc1NC(=O)c1sc2cccc(F)c2c1C. The van der Waals surface area contributed by atoms with Gasteiger partial charge in [-0.05, 0) is 48.7 Å². The van der Waals surface area contributed by atoms with E-state index in [1.54, 1.807) is 6.07 Å². The molecule has 1 saturated heterocycles. The van der Waals surface area contributed by atoms with Crippen molar-refractivity contribution in [1.82, 2.24) is 4.90 Å². The van der Waals surface area contributed by atoms with Crippen molar-refractivity contribution in [2.75, 3.05) is 29.9 Å². The molecular weight excluding hydrogens is 391 g/mol. The summed E-state index contributed by atoms with van der Waals surface area (Å²) >= 11 is 3.34. The number of thioether (sulfide) groups is 1. The van der Waals surface area contributed by atoms with Crippen LogP contribution in [0.3, 0.4) is 0 Å². The molecule has 1 aromatic heterocycles. The summed E-state index contributed by atoms with van der Waals surface area (Å²) < 4.78 is 15.0. The Morgan fingerprint density at radius 2 is 1.96 bits per heavy atom. The number of hydrogen-bond donors (Lipinski definition) is 1. The van der Waals surface area contributed by atoms with Crippen LogP contribution in [-0.4, -0.2) is 35.4 Å². The zero-order valence-electron chi connectivity index (χ0n) is 16.0. The maximum absolute atomic E-state index is 14.2. The molecule has 28 heavy (non-hydrogen) atoms. The Hall–Kier alpha value is -1.89. The molecule has 146 valence electrons. The van der Waals surface area contributed by atoms with Crippen LogP contribution < -0.4 is 5.32 Å². The highest BCUT2D eigenvalue weighted by Crippen LogP contribution is 2.33. The lowest BCUT2D eigenvalue weighted by Gasteiger charge is -2.26. The van der Waals surface area contributed by atoms with Gasteiger partial charge in [0.1, 0.15) is 5.82 Å². The van der Waals surface area contributed by atoms with E-state index < -0.39 is 0 Å². The Kier molecular flexibility index (Phi) is 5.71. The number of amides is 1. The van der Waals surface area contributed by atoms with Crippen molar-refractivity contribution in [3.63, 3.8) is 0 Å². The molecule has 0 saturated carbocycles. The zero-order chi connectivity index (χ0) is 19.7. The fourth-order valence-electron chi connectivity index (χ4n) is 3.57. The molecule has 0 bridgehead atoms. The summed E-state index contributed by atoms with van der Waals surface area (Å²) in [6, 6.07) is 11.2. The molecule has 0 radical (unpaired) electrons. The number of rotatable bonds is 4. The van der Waals surface area contributed by atoms with Crippen LogP contribution in [0.5, 0.6) is 0 Å². The molecule has 1 aliphatic heterocycles. The number of hydrogen-bond acceptors (Lipinski definition) is 4. The molecule has 1 N–H and O–H groups in total. The van der Waals surface area contributed by atoms with Gasteiger partial charge in [0.25, 0.3) is 5.91 Å². The van der Waals surface area contributed by atoms with Gasteiger partial charge in [-0.3, -0.25) is 9.69 Å². The molecular formula is C22H23FN2OS2. The van der Waals surface area contributed by atoms with E-state index in [-0.39, 0.29) is 11.7 Å². The molecule has 1 amide bonds. The van der Waals surface area contributed by atoms with Crippen LogP contribution in [0.25, 0.3) is 10.1 Å². The standard InChI is InChI=1S/C22H23FN2OS2/c1-14-6-7-16(13-25-8-10-27-11-9-25)12-18(14)24-22(26)21-15(2)20-17(23)4-3-5-19(20)28-21/h3-7,12H,8-11,13H2,1-2H3,(H,24,26). The summed E-state index contributed by atoms with van der Waals surface area (Å²) in [6.07, 6.45) is 0. The van der Waals surface area contributed by atoms with Gasteiger partial charge in [-0.25, -0.2) is 4.39 Å². The first-order chi connectivity index (χ1) is 13.5. The summed E-state index contributed by atoms with van der Waals surface area (Å²) in [7, 11) is 0. The highest BCUT2D eigenvalue weighted by molar-refractivity contribution is 7.99. The molecule has 0 atom stereocenters. The van der Waals surface area contributed by atoms with Crippen molar-refractivity contribution in [2.45, 2.75) is 20.4 Å². The number of nitrogens with zero attached hydrogens (tertiary/aromatic N) is 1. The van der Waals surface area contributed by atoms with Crippen LogP contribution in [0.4, 0.5) is 10.1 Å². The molecule has 0 unspecified atom stereocenters. The van der Waals surface area contributed by atoms with E-state index in [4.69, 9.17) is 0 Å². The largest absolute Gasteiger partial charge is 0.321 e. The average Bonchev–Trinajstić information content (AvgIpc) is 3.03. The predicted octanol–water partition coefficient (Wildman–Crippen LogP) is 5.46. The lowest BCUT2D eigenvalue weighted by atomic mass is 10.1. The maximum Gasteiger partial charge on any atom is 0.266 e. The third kappa shape index (κ3) is 3.95. The minimum Gasteiger partial charge on any atom is -0.321 e. The maximum atomic E-state index is 14.2. The molecule has 0 spiro atoms. The molecule has 6 heteroatoms. The highest BCUT2D eigenvalue weighted by Gasteiger charge is 2.19. The number of halogens is 1. The van der Waals surface area contributed by atoms with Crippen LogP contribution in [-0.2, 0) is 6.54 Å². The Morgan fingerprint density at radius 1 is 1.18 bits per heavy atom. The van der Waals surface area contributed by atoms with Crippen LogP contribution in [0, 0.1) is 19.7 Å². The number of thiophene rings is 1. The van der Waals surface area contributed by atoms with Crippen molar-refractivity contribution in [2.24, 2.45) is 0 Å². The normalized spacial score (nSPS) is 15.1. The smallest absolute Gasteiger partial charge is 0.266 e. The topological polar surface area (TPSA) is 32.3 Å². The van der Waals surface area contributed by atoms with Gasteiger partial charge in [0.2, 0.25) is 0 Å². The van der Waals surface area contributed by atoms with Gasteiger partial charge < -0.3 is 5.32 Å². The highest BCUT2D eigenvalue weighted by atomic mass is 32.2. The first kappa shape index (κ1) is 19.4. The lowest BCUT2D eigenvalue weighted by Crippen LogP contribution is -2.32. The van der Waals surface area contributed by atoms with Gasteiger partial charge in [-0.1, -0.05) is 18.2 Å². The number of nitrogens with one attached hydrogen (secondary N) is 1. The van der Waals surface area contributed by atoms with Crippen molar-refractivity contribution in [3.8, 4) is 0 Å². The van der Waals surface area contributed by atoms with E-state index >= 15 is 0 Å². The van der Waals surface area contributed by atoms with Gasteiger partial charge in [0.05, 0.1) is 4.88 Å². The van der Waals surface area contributed by atoms with Crippen molar-refractivity contribution >= 4 is 44.8 Å². The Labute approximate surface area is 172 Å². The van der Waals surface area contributed by atoms with Crippen molar-refractivity contribution in [1.29, 1.82) is 0 Å². The summed E-state index contributed by atoms with van der Waals surface area (Å²) in [5.74, 6) is 1.91. The van der Waals surface area contributed by atoms with Gasteiger partial charge in [0, 0.05) is 46.9 Å². The van der Waals surface area contributed by atoms with Gasteiger partial charge in [0.15, 0.2) is 0 Å². The van der Waals surface area contributed by atoms with Crippen LogP contribution in [0.1, 0.15) is 26.4 Å². The summed E-state index contributed by atoms with van der Waals surface area (Å²) in [5, 5.41) is 3.60. The molecule has 2 heterocycles. The Bertz CT molecular complexity index is 1020. The zero-order valence-corrected chi connectivity index (χ0v) is 17.7. The fourth-order valence-corrected chi connectivity index (χ4v) is 5.67. The van der Waals surface area contributed by atoms with Crippen molar-refractivity contribution in [3.05, 3.63) is 63.8 Å². The monoisotopic (exact) mass is 414 g/mol. The van der Waals surface area contributed by atoms with Gasteiger partial charge in [-0.2, -0.15) is 11.8 Å². The number of carbonyl (C=O) groups is 1. The third-order valence-corrected chi connectivity index (χ3v) is 7.37. The average molecular weight is 415 g/mol. The second kappa shape index (κ2) is 8.23. The van der Waals surface area contributed by atoms with Crippen molar-refractivity contribution < 1.29 is 9.18 Å². The predicted molar refractivity (Wildman–Crippen MR) is 118 cm³/mol. The second-order valence-electron chi connectivity index (χ2n) is 7.16. The van der Waals surface area contributed by atoms with E-state index in [9.17, 15) is 9.18 Å². The summed E-state index contributed by atoms with van der Waals surface area (Å²) in [5.41, 5.74) is 3.75. The number of aryl methyl sites for hydroxylation is 2. The first-order valence-electron chi connectivity index (χ1n) is 9.41. The molecule has 1 aliphatic rings. The van der Waals surface area contributed by atoms with Gasteiger partial charge in [-0.15, -0.1) is 11.3 Å². The van der Waals surface area contributed by atoms with Crippen LogP contribution >= 0.6 is 23.1 Å². The fraction of sp³-hybridized carbons (Fsp3) is 0.318. The summed E-state index contributed by atoms with van der Waals surface area (Å²) in [4.78, 5) is 16.0.